The van der Waals surface area contributed by atoms with E-state index in [1.165, 1.54) is 17.7 Å². The van der Waals surface area contributed by atoms with Crippen molar-refractivity contribution < 1.29 is 4.79 Å². The van der Waals surface area contributed by atoms with Gasteiger partial charge in [-0.05, 0) is 49.1 Å². The summed E-state index contributed by atoms with van der Waals surface area (Å²) in [6, 6.07) is 8.77. The number of carbonyl (C=O) groups is 1. The van der Waals surface area contributed by atoms with Gasteiger partial charge in [0, 0.05) is 18.7 Å². The fraction of sp³-hybridized carbons (Fsp3) is 0.500. The molecule has 1 spiro atoms. The van der Waals surface area contributed by atoms with Crippen LogP contribution in [-0.2, 0) is 10.2 Å². The monoisotopic (exact) mass is 306 g/mol. The summed E-state index contributed by atoms with van der Waals surface area (Å²) in [6.07, 6.45) is 8.21. The Labute approximate surface area is 137 Å². The van der Waals surface area contributed by atoms with Crippen LogP contribution in [0.2, 0.25) is 0 Å². The maximum atomic E-state index is 12.9. The van der Waals surface area contributed by atoms with Gasteiger partial charge in [0.05, 0.1) is 17.1 Å². The van der Waals surface area contributed by atoms with Crippen LogP contribution in [0.15, 0.2) is 41.9 Å². The summed E-state index contributed by atoms with van der Waals surface area (Å²) in [5.41, 5.74) is 3.70. The summed E-state index contributed by atoms with van der Waals surface area (Å²) in [6.45, 7) is 4.94. The molecule has 1 aliphatic carbocycles. The predicted molar refractivity (Wildman–Crippen MR) is 91.0 cm³/mol. The molecule has 4 aliphatic rings. The maximum absolute atomic E-state index is 12.9. The average Bonchev–Trinajstić information content (AvgIpc) is 3.05. The molecule has 1 saturated carbocycles. The largest absolute Gasteiger partial charge is 0.338 e. The van der Waals surface area contributed by atoms with E-state index < -0.39 is 0 Å². The molecule has 0 unspecified atom stereocenters. The number of amides is 1. The van der Waals surface area contributed by atoms with Gasteiger partial charge in [-0.1, -0.05) is 24.3 Å². The fourth-order valence-electron chi connectivity index (χ4n) is 6.05. The van der Waals surface area contributed by atoms with Gasteiger partial charge in [0.1, 0.15) is 0 Å². The SMILES string of the molecule is C=CC[C@]12CCCN3C(=O)C[C@]4(C(=Nc5ccccc54)CC1)[C@@H]32. The predicted octanol–water partition coefficient (Wildman–Crippen LogP) is 3.76. The van der Waals surface area contributed by atoms with E-state index in [-0.39, 0.29) is 16.9 Å². The van der Waals surface area contributed by atoms with Crippen LogP contribution in [0.5, 0.6) is 0 Å². The van der Waals surface area contributed by atoms with Gasteiger partial charge >= 0.3 is 0 Å². The number of piperidine rings is 1. The Morgan fingerprint density at radius 2 is 2.22 bits per heavy atom. The van der Waals surface area contributed by atoms with Gasteiger partial charge in [0.15, 0.2) is 0 Å². The Hall–Kier alpha value is -1.90. The van der Waals surface area contributed by atoms with Crippen LogP contribution in [0, 0.1) is 5.41 Å². The average molecular weight is 306 g/mol. The van der Waals surface area contributed by atoms with Crippen LogP contribution >= 0.6 is 0 Å². The van der Waals surface area contributed by atoms with E-state index in [0.717, 1.165) is 37.9 Å². The smallest absolute Gasteiger partial charge is 0.224 e. The quantitative estimate of drug-likeness (QED) is 0.766. The number of allylic oxidation sites excluding steroid dienone is 1. The van der Waals surface area contributed by atoms with E-state index >= 15 is 0 Å². The molecule has 2 saturated heterocycles. The zero-order valence-electron chi connectivity index (χ0n) is 13.4. The van der Waals surface area contributed by atoms with E-state index in [1.807, 2.05) is 0 Å². The number of fused-ring (bicyclic) bond motifs is 1. The Bertz CT molecular complexity index is 752. The normalized spacial score (nSPS) is 37.0. The number of nitrogens with zero attached hydrogens (tertiary/aromatic N) is 2. The van der Waals surface area contributed by atoms with E-state index in [4.69, 9.17) is 4.99 Å². The minimum atomic E-state index is -0.157. The highest BCUT2D eigenvalue weighted by Crippen LogP contribution is 2.63. The molecule has 0 radical (unpaired) electrons. The Morgan fingerprint density at radius 3 is 3.09 bits per heavy atom. The molecule has 3 atom stereocenters. The van der Waals surface area contributed by atoms with Crippen molar-refractivity contribution in [2.75, 3.05) is 6.54 Å². The number of hydrogen-bond acceptors (Lipinski definition) is 2. The highest BCUT2D eigenvalue weighted by molar-refractivity contribution is 6.08. The Balaban J connectivity index is 1.77. The fourth-order valence-corrected chi connectivity index (χ4v) is 6.05. The van der Waals surface area contributed by atoms with Crippen LogP contribution in [0.4, 0.5) is 5.69 Å². The third kappa shape index (κ3) is 1.46. The summed E-state index contributed by atoms with van der Waals surface area (Å²) in [4.78, 5) is 20.1. The molecule has 0 N–H and O–H groups in total. The first-order valence-corrected chi connectivity index (χ1v) is 8.79. The molecule has 23 heavy (non-hydrogen) atoms. The molecule has 1 aromatic carbocycles. The van der Waals surface area contributed by atoms with Crippen LogP contribution in [0.25, 0.3) is 0 Å². The highest BCUT2D eigenvalue weighted by Gasteiger charge is 2.67. The van der Waals surface area contributed by atoms with E-state index in [1.54, 1.807) is 0 Å². The first kappa shape index (κ1) is 13.5. The topological polar surface area (TPSA) is 32.7 Å². The van der Waals surface area contributed by atoms with Gasteiger partial charge in [-0.15, -0.1) is 6.58 Å². The molecule has 1 amide bonds. The van der Waals surface area contributed by atoms with Crippen LogP contribution < -0.4 is 0 Å². The summed E-state index contributed by atoms with van der Waals surface area (Å²) in [7, 11) is 0. The summed E-state index contributed by atoms with van der Waals surface area (Å²) >= 11 is 0. The zero-order chi connectivity index (χ0) is 15.7. The molecule has 3 aliphatic heterocycles. The Morgan fingerprint density at radius 1 is 1.35 bits per heavy atom. The van der Waals surface area contributed by atoms with Gasteiger partial charge in [-0.2, -0.15) is 0 Å². The number of carbonyl (C=O) groups excluding carboxylic acids is 1. The summed E-state index contributed by atoms with van der Waals surface area (Å²) in [5, 5.41) is 0. The molecule has 5 rings (SSSR count). The molecule has 3 heteroatoms. The van der Waals surface area contributed by atoms with E-state index in [2.05, 4.69) is 41.8 Å². The van der Waals surface area contributed by atoms with Crippen LogP contribution in [0.3, 0.4) is 0 Å². The second-order valence-corrected chi connectivity index (χ2v) is 7.67. The van der Waals surface area contributed by atoms with Crippen molar-refractivity contribution >= 4 is 17.3 Å². The number of aliphatic imine (C=N–C) groups is 1. The van der Waals surface area contributed by atoms with Crippen molar-refractivity contribution in [2.45, 2.75) is 50.0 Å². The van der Waals surface area contributed by atoms with Gasteiger partial charge in [-0.25, -0.2) is 0 Å². The van der Waals surface area contributed by atoms with Gasteiger partial charge in [0.25, 0.3) is 0 Å². The number of rotatable bonds is 2. The summed E-state index contributed by atoms with van der Waals surface area (Å²) in [5.74, 6) is 0.328. The van der Waals surface area contributed by atoms with Crippen molar-refractivity contribution in [1.29, 1.82) is 0 Å². The second kappa shape index (κ2) is 4.34. The van der Waals surface area contributed by atoms with Crippen molar-refractivity contribution in [3.8, 4) is 0 Å². The molecule has 1 aromatic rings. The molecular weight excluding hydrogens is 284 g/mol. The summed E-state index contributed by atoms with van der Waals surface area (Å²) < 4.78 is 0. The number of benzene rings is 1. The minimum absolute atomic E-state index is 0.157. The third-order valence-corrected chi connectivity index (χ3v) is 6.75. The van der Waals surface area contributed by atoms with Crippen molar-refractivity contribution in [2.24, 2.45) is 10.4 Å². The van der Waals surface area contributed by atoms with E-state index in [0.29, 0.717) is 12.3 Å². The van der Waals surface area contributed by atoms with Crippen LogP contribution in [-0.4, -0.2) is 29.1 Å². The lowest BCUT2D eigenvalue weighted by atomic mass is 9.53. The highest BCUT2D eigenvalue weighted by atomic mass is 16.2. The number of para-hydroxylation sites is 1. The lowest BCUT2D eigenvalue weighted by Crippen LogP contribution is -2.61. The van der Waals surface area contributed by atoms with Crippen molar-refractivity contribution in [3.63, 3.8) is 0 Å². The second-order valence-electron chi connectivity index (χ2n) is 7.67. The van der Waals surface area contributed by atoms with Gasteiger partial charge in [-0.3, -0.25) is 9.79 Å². The molecule has 3 fully saturated rings. The van der Waals surface area contributed by atoms with Crippen LogP contribution in [0.1, 0.15) is 44.1 Å². The van der Waals surface area contributed by atoms with Crippen molar-refractivity contribution in [1.82, 2.24) is 4.90 Å². The first-order chi connectivity index (χ1) is 11.2. The molecule has 3 heterocycles. The number of hydrogen-bond donors (Lipinski definition) is 0. The van der Waals surface area contributed by atoms with Gasteiger partial charge < -0.3 is 4.90 Å². The van der Waals surface area contributed by atoms with Gasteiger partial charge in [0.2, 0.25) is 5.91 Å². The standard InChI is InChI=1S/C20H22N2O/c1-2-9-19-10-5-12-22-17(23)13-20(18(19)22)14-6-3-4-7-15(14)21-16(20)8-11-19/h2-4,6-7,18H,1,5,8-13H2/t18-,19-,20-/m0/s1. The molecule has 0 bridgehead atoms. The molecule has 0 aromatic heterocycles. The molecule has 3 nitrogen and oxygen atoms in total. The Kier molecular flexibility index (Phi) is 2.55. The third-order valence-electron chi connectivity index (χ3n) is 6.75. The first-order valence-electron chi connectivity index (χ1n) is 8.79. The molecular formula is C20H22N2O. The lowest BCUT2D eigenvalue weighted by molar-refractivity contribution is -0.133. The maximum Gasteiger partial charge on any atom is 0.224 e. The van der Waals surface area contributed by atoms with E-state index in [9.17, 15) is 4.79 Å². The lowest BCUT2D eigenvalue weighted by Gasteiger charge is -2.55. The minimum Gasteiger partial charge on any atom is -0.338 e. The van der Waals surface area contributed by atoms with Crippen molar-refractivity contribution in [3.05, 3.63) is 42.5 Å². The zero-order valence-corrected chi connectivity index (χ0v) is 13.4. The molecule has 118 valence electrons.